The molecule has 0 aromatic carbocycles. The fourth-order valence-electron chi connectivity index (χ4n) is 4.50. The van der Waals surface area contributed by atoms with Crippen molar-refractivity contribution in [3.8, 4) is 11.3 Å². The predicted molar refractivity (Wildman–Crippen MR) is 138 cm³/mol. The molecule has 3 N–H and O–H groups in total. The van der Waals surface area contributed by atoms with Gasteiger partial charge in [0.25, 0.3) is 15.9 Å². The Morgan fingerprint density at radius 1 is 1.17 bits per heavy atom. The van der Waals surface area contributed by atoms with Crippen LogP contribution in [0.5, 0.6) is 0 Å². The summed E-state index contributed by atoms with van der Waals surface area (Å²) in [5.74, 6) is 0.321. The minimum Gasteiger partial charge on any atom is -0.383 e. The molecular formula is C24H30N8O3S. The molecule has 0 spiro atoms. The summed E-state index contributed by atoms with van der Waals surface area (Å²) >= 11 is 0. The van der Waals surface area contributed by atoms with Crippen LogP contribution in [0, 0.1) is 5.92 Å². The molecule has 1 saturated heterocycles. The number of amides is 1. The zero-order valence-corrected chi connectivity index (χ0v) is 21.7. The van der Waals surface area contributed by atoms with Crippen LogP contribution in [0.3, 0.4) is 0 Å². The van der Waals surface area contributed by atoms with Gasteiger partial charge in [0.05, 0.1) is 11.3 Å². The smallest absolute Gasteiger partial charge is 0.268 e. The highest BCUT2D eigenvalue weighted by molar-refractivity contribution is 7.90. The number of aromatic nitrogens is 4. The molecule has 4 rings (SSSR count). The van der Waals surface area contributed by atoms with Crippen molar-refractivity contribution in [1.82, 2.24) is 24.7 Å². The number of anilines is 3. The molecule has 3 aromatic rings. The summed E-state index contributed by atoms with van der Waals surface area (Å²) in [6.07, 6.45) is 5.61. The molecule has 0 saturated carbocycles. The molecular weight excluding hydrogens is 480 g/mol. The highest BCUT2D eigenvalue weighted by Crippen LogP contribution is 2.38. The summed E-state index contributed by atoms with van der Waals surface area (Å²) in [5.41, 5.74) is 6.83. The minimum absolute atomic E-state index is 0.137. The van der Waals surface area contributed by atoms with E-state index in [1.54, 1.807) is 29.4 Å². The topological polar surface area (TPSA) is 147 Å². The number of nitrogens with zero attached hydrogens (tertiary/aromatic N) is 6. The fraction of sp³-hybridized carbons (Fsp3) is 0.375. The quantitative estimate of drug-likeness (QED) is 0.506. The zero-order valence-electron chi connectivity index (χ0n) is 20.9. The third-order valence-electron chi connectivity index (χ3n) is 6.10. The van der Waals surface area contributed by atoms with Gasteiger partial charge in [0.15, 0.2) is 0 Å². The van der Waals surface area contributed by atoms with Crippen molar-refractivity contribution < 1.29 is 13.2 Å². The third-order valence-corrected chi connectivity index (χ3v) is 7.48. The van der Waals surface area contributed by atoms with Crippen molar-refractivity contribution in [3.05, 3.63) is 48.4 Å². The maximum atomic E-state index is 13.3. The molecule has 1 fully saturated rings. The number of carbonyl (C=O) groups excluding carboxylic acids is 1. The van der Waals surface area contributed by atoms with Gasteiger partial charge in [-0.2, -0.15) is 0 Å². The lowest BCUT2D eigenvalue weighted by molar-refractivity contribution is 0.0981. The number of nitrogen functional groups attached to an aromatic ring is 1. The fourth-order valence-corrected chi connectivity index (χ4v) is 5.55. The summed E-state index contributed by atoms with van der Waals surface area (Å²) in [6, 6.07) is 5.97. The zero-order chi connectivity index (χ0) is 26.3. The van der Waals surface area contributed by atoms with Crippen molar-refractivity contribution in [1.29, 1.82) is 0 Å². The second-order valence-electron chi connectivity index (χ2n) is 9.79. The van der Waals surface area contributed by atoms with Gasteiger partial charge in [-0.15, -0.1) is 0 Å². The van der Waals surface area contributed by atoms with E-state index in [9.17, 15) is 13.2 Å². The molecule has 190 valence electrons. The summed E-state index contributed by atoms with van der Waals surface area (Å²) in [4.78, 5) is 34.2. The summed E-state index contributed by atoms with van der Waals surface area (Å²) < 4.78 is 28.0. The van der Waals surface area contributed by atoms with Crippen LogP contribution >= 0.6 is 0 Å². The Morgan fingerprint density at radius 3 is 2.44 bits per heavy atom. The van der Waals surface area contributed by atoms with Crippen LogP contribution in [0.1, 0.15) is 37.6 Å². The standard InChI is InChI=1S/C24H30N8O3S/c1-15-11-24(2,3)32(14-15)21-17(22(33)30-36(34,35)19-7-6-10-26-20(19)25)8-9-18(29-21)16-12-27-23(28-13-16)31(4)5/h6-10,12-13,15H,11,14H2,1-5H3,(H2,25,26)(H,30,33)/t15-/m0/s1. The van der Waals surface area contributed by atoms with Gasteiger partial charge in [-0.3, -0.25) is 4.79 Å². The molecule has 11 nitrogen and oxygen atoms in total. The van der Waals surface area contributed by atoms with E-state index in [4.69, 9.17) is 10.7 Å². The Bertz CT molecular complexity index is 1390. The maximum Gasteiger partial charge on any atom is 0.268 e. The molecule has 0 bridgehead atoms. The van der Waals surface area contributed by atoms with Crippen molar-refractivity contribution in [2.24, 2.45) is 5.92 Å². The highest BCUT2D eigenvalue weighted by atomic mass is 32.2. The highest BCUT2D eigenvalue weighted by Gasteiger charge is 2.39. The molecule has 4 heterocycles. The summed E-state index contributed by atoms with van der Waals surface area (Å²) in [6.45, 7) is 6.96. The maximum absolute atomic E-state index is 13.3. The molecule has 0 unspecified atom stereocenters. The summed E-state index contributed by atoms with van der Waals surface area (Å²) in [7, 11) is -0.552. The lowest BCUT2D eigenvalue weighted by Gasteiger charge is -2.34. The van der Waals surface area contributed by atoms with Crippen LogP contribution in [0.2, 0.25) is 0 Å². The van der Waals surface area contributed by atoms with Crippen molar-refractivity contribution >= 4 is 33.5 Å². The number of nitrogens with one attached hydrogen (secondary N) is 1. The molecule has 36 heavy (non-hydrogen) atoms. The summed E-state index contributed by atoms with van der Waals surface area (Å²) in [5, 5.41) is 0. The monoisotopic (exact) mass is 510 g/mol. The first-order chi connectivity index (χ1) is 16.9. The number of pyridine rings is 2. The van der Waals surface area contributed by atoms with Crippen LogP contribution in [0.4, 0.5) is 17.6 Å². The number of carbonyl (C=O) groups is 1. The molecule has 12 heteroatoms. The first kappa shape index (κ1) is 25.3. The minimum atomic E-state index is -4.25. The number of hydrogen-bond donors (Lipinski definition) is 2. The van der Waals surface area contributed by atoms with E-state index in [2.05, 4.69) is 45.3 Å². The average Bonchev–Trinajstić information content (AvgIpc) is 3.10. The molecule has 0 aliphatic carbocycles. The van der Waals surface area contributed by atoms with Gasteiger partial charge >= 0.3 is 0 Å². The average molecular weight is 511 g/mol. The first-order valence-corrected chi connectivity index (χ1v) is 12.9. The first-order valence-electron chi connectivity index (χ1n) is 11.4. The Balaban J connectivity index is 1.76. The van der Waals surface area contributed by atoms with Crippen LogP contribution in [0.15, 0.2) is 47.8 Å². The molecule has 1 aliphatic rings. The van der Waals surface area contributed by atoms with Gasteiger partial charge in [0, 0.05) is 50.3 Å². The molecule has 3 aromatic heterocycles. The van der Waals surface area contributed by atoms with Gasteiger partial charge in [-0.25, -0.2) is 33.1 Å². The Labute approximate surface area is 210 Å². The van der Waals surface area contributed by atoms with E-state index in [0.717, 1.165) is 6.42 Å². The third kappa shape index (κ3) is 4.94. The number of nitrogens with two attached hydrogens (primary N) is 1. The SMILES string of the molecule is C[C@@H]1CN(c2nc(-c3cnc(N(C)C)nc3)ccc2C(=O)NS(=O)(=O)c2cccnc2N)C(C)(C)C1. The predicted octanol–water partition coefficient (Wildman–Crippen LogP) is 2.33. The van der Waals surface area contributed by atoms with Gasteiger partial charge in [0.2, 0.25) is 5.95 Å². The number of sulfonamides is 1. The molecule has 1 atom stereocenters. The van der Waals surface area contributed by atoms with Gasteiger partial charge < -0.3 is 15.5 Å². The molecule has 1 aliphatic heterocycles. The van der Waals surface area contributed by atoms with Crippen LogP contribution in [-0.4, -0.2) is 60.4 Å². The van der Waals surface area contributed by atoms with E-state index >= 15 is 0 Å². The molecule has 1 amide bonds. The lowest BCUT2D eigenvalue weighted by atomic mass is 9.97. The number of rotatable bonds is 6. The number of hydrogen-bond acceptors (Lipinski definition) is 10. The van der Waals surface area contributed by atoms with Gasteiger partial charge in [-0.05, 0) is 50.5 Å². The Morgan fingerprint density at radius 2 is 1.86 bits per heavy atom. The van der Waals surface area contributed by atoms with E-state index in [1.165, 1.54) is 18.3 Å². The van der Waals surface area contributed by atoms with Crippen molar-refractivity contribution in [2.45, 2.75) is 37.6 Å². The van der Waals surface area contributed by atoms with Crippen LogP contribution in [0.25, 0.3) is 11.3 Å². The second kappa shape index (κ2) is 9.34. The van der Waals surface area contributed by atoms with E-state index in [1.807, 2.05) is 14.1 Å². The van der Waals surface area contributed by atoms with Crippen LogP contribution in [-0.2, 0) is 10.0 Å². The largest absolute Gasteiger partial charge is 0.383 e. The normalized spacial score (nSPS) is 17.1. The Kier molecular flexibility index (Phi) is 6.56. The van der Waals surface area contributed by atoms with E-state index < -0.39 is 15.9 Å². The van der Waals surface area contributed by atoms with Crippen molar-refractivity contribution in [2.75, 3.05) is 36.2 Å². The molecule has 0 radical (unpaired) electrons. The van der Waals surface area contributed by atoms with Crippen LogP contribution < -0.4 is 20.3 Å². The lowest BCUT2D eigenvalue weighted by Crippen LogP contribution is -2.41. The van der Waals surface area contributed by atoms with Gasteiger partial charge in [-0.1, -0.05) is 6.92 Å². The van der Waals surface area contributed by atoms with E-state index in [0.29, 0.717) is 35.5 Å². The second-order valence-corrected chi connectivity index (χ2v) is 11.4. The van der Waals surface area contributed by atoms with E-state index in [-0.39, 0.29) is 21.8 Å². The Hall–Kier alpha value is -3.80. The van der Waals surface area contributed by atoms with Gasteiger partial charge in [0.1, 0.15) is 16.5 Å². The van der Waals surface area contributed by atoms with Crippen molar-refractivity contribution in [3.63, 3.8) is 0 Å².